The molecule has 106 valence electrons. The van der Waals surface area contributed by atoms with E-state index in [1.54, 1.807) is 0 Å². The molecule has 0 radical (unpaired) electrons. The van der Waals surface area contributed by atoms with E-state index in [1.807, 2.05) is 17.5 Å². The quantitative estimate of drug-likeness (QED) is 0.842. The highest BCUT2D eigenvalue weighted by atomic mass is 79.9. The van der Waals surface area contributed by atoms with Crippen LogP contribution in [0.25, 0.3) is 0 Å². The summed E-state index contributed by atoms with van der Waals surface area (Å²) in [5.74, 6) is 1.08. The first-order chi connectivity index (χ1) is 9.70. The van der Waals surface area contributed by atoms with Crippen LogP contribution in [0.15, 0.2) is 34.9 Å². The number of piperazine rings is 1. The third-order valence-electron chi connectivity index (χ3n) is 3.58. The molecule has 3 rings (SSSR count). The second kappa shape index (κ2) is 6.24. The fourth-order valence-electron chi connectivity index (χ4n) is 2.48. The van der Waals surface area contributed by atoms with Crippen LogP contribution in [-0.2, 0) is 6.54 Å². The highest BCUT2D eigenvalue weighted by Crippen LogP contribution is 2.20. The van der Waals surface area contributed by atoms with E-state index < -0.39 is 0 Å². The lowest BCUT2D eigenvalue weighted by Gasteiger charge is -2.35. The van der Waals surface area contributed by atoms with Crippen molar-refractivity contribution in [3.05, 3.63) is 44.7 Å². The van der Waals surface area contributed by atoms with Crippen LogP contribution in [0.2, 0.25) is 0 Å². The Hall–Kier alpha value is -0.910. The molecule has 1 fully saturated rings. The Morgan fingerprint density at radius 2 is 1.95 bits per heavy atom. The lowest BCUT2D eigenvalue weighted by atomic mass is 10.3. The zero-order valence-electron chi connectivity index (χ0n) is 11.6. The van der Waals surface area contributed by atoms with E-state index in [0.29, 0.717) is 0 Å². The standard InChI is InChI=1S/C15H18BrN3S/c1-12-2-4-14(20-12)11-18-6-8-19(9-7-18)15-5-3-13(16)10-17-15/h2-5,10H,6-9,11H2,1H3. The van der Waals surface area contributed by atoms with Gasteiger partial charge >= 0.3 is 0 Å². The Morgan fingerprint density at radius 3 is 2.55 bits per heavy atom. The van der Waals surface area contributed by atoms with Gasteiger partial charge in [-0.2, -0.15) is 0 Å². The van der Waals surface area contributed by atoms with Gasteiger partial charge in [0.05, 0.1) is 0 Å². The van der Waals surface area contributed by atoms with Gasteiger partial charge in [0.2, 0.25) is 0 Å². The number of hydrogen-bond acceptors (Lipinski definition) is 4. The van der Waals surface area contributed by atoms with Gasteiger partial charge < -0.3 is 4.90 Å². The average molecular weight is 352 g/mol. The zero-order valence-corrected chi connectivity index (χ0v) is 14.0. The largest absolute Gasteiger partial charge is 0.354 e. The van der Waals surface area contributed by atoms with Crippen molar-refractivity contribution in [1.29, 1.82) is 0 Å². The number of halogens is 1. The summed E-state index contributed by atoms with van der Waals surface area (Å²) in [6, 6.07) is 8.61. The number of anilines is 1. The molecule has 0 amide bonds. The number of aryl methyl sites for hydroxylation is 1. The van der Waals surface area contributed by atoms with Crippen LogP contribution in [0.4, 0.5) is 5.82 Å². The fourth-order valence-corrected chi connectivity index (χ4v) is 3.65. The Kier molecular flexibility index (Phi) is 4.38. The molecule has 0 aliphatic carbocycles. The second-order valence-corrected chi connectivity index (χ2v) is 7.40. The van der Waals surface area contributed by atoms with E-state index in [-0.39, 0.29) is 0 Å². The van der Waals surface area contributed by atoms with Gasteiger partial charge in [0.1, 0.15) is 5.82 Å². The lowest BCUT2D eigenvalue weighted by molar-refractivity contribution is 0.251. The Morgan fingerprint density at radius 1 is 1.15 bits per heavy atom. The molecule has 0 N–H and O–H groups in total. The van der Waals surface area contributed by atoms with E-state index in [1.165, 1.54) is 9.75 Å². The van der Waals surface area contributed by atoms with Gasteiger partial charge in [-0.3, -0.25) is 4.90 Å². The molecule has 5 heteroatoms. The van der Waals surface area contributed by atoms with Crippen LogP contribution < -0.4 is 4.90 Å². The van der Waals surface area contributed by atoms with Crippen molar-refractivity contribution in [1.82, 2.24) is 9.88 Å². The summed E-state index contributed by atoms with van der Waals surface area (Å²) in [5.41, 5.74) is 0. The third-order valence-corrected chi connectivity index (χ3v) is 5.04. The smallest absolute Gasteiger partial charge is 0.128 e. The van der Waals surface area contributed by atoms with Gasteiger partial charge in [-0.15, -0.1) is 11.3 Å². The molecule has 1 saturated heterocycles. The molecule has 0 bridgehead atoms. The molecule has 1 aliphatic rings. The van der Waals surface area contributed by atoms with Gasteiger partial charge in [-0.1, -0.05) is 0 Å². The summed E-state index contributed by atoms with van der Waals surface area (Å²) in [5, 5.41) is 0. The summed E-state index contributed by atoms with van der Waals surface area (Å²) >= 11 is 5.34. The molecule has 1 aliphatic heterocycles. The van der Waals surface area contributed by atoms with Gasteiger partial charge in [0, 0.05) is 53.1 Å². The minimum Gasteiger partial charge on any atom is -0.354 e. The molecule has 2 aromatic heterocycles. The minimum absolute atomic E-state index is 1.04. The molecule has 0 unspecified atom stereocenters. The molecule has 20 heavy (non-hydrogen) atoms. The number of nitrogens with zero attached hydrogens (tertiary/aromatic N) is 3. The molecule has 0 atom stereocenters. The minimum atomic E-state index is 1.04. The predicted octanol–water partition coefficient (Wildman–Crippen LogP) is 3.54. The average Bonchev–Trinajstić information content (AvgIpc) is 2.86. The Bertz CT molecular complexity index is 559. The fraction of sp³-hybridized carbons (Fsp3) is 0.400. The van der Waals surface area contributed by atoms with Crippen LogP contribution in [0.3, 0.4) is 0 Å². The zero-order chi connectivity index (χ0) is 13.9. The van der Waals surface area contributed by atoms with E-state index >= 15 is 0 Å². The molecule has 0 aromatic carbocycles. The van der Waals surface area contributed by atoms with Crippen molar-refractivity contribution < 1.29 is 0 Å². The summed E-state index contributed by atoms with van der Waals surface area (Å²) in [4.78, 5) is 12.2. The summed E-state index contributed by atoms with van der Waals surface area (Å²) in [6.45, 7) is 7.58. The highest BCUT2D eigenvalue weighted by molar-refractivity contribution is 9.10. The topological polar surface area (TPSA) is 19.4 Å². The number of pyridine rings is 1. The SMILES string of the molecule is Cc1ccc(CN2CCN(c3ccc(Br)cn3)CC2)s1. The van der Waals surface area contributed by atoms with Crippen LogP contribution in [0.1, 0.15) is 9.75 Å². The van der Waals surface area contributed by atoms with Gasteiger partial charge in [-0.25, -0.2) is 4.98 Å². The van der Waals surface area contributed by atoms with E-state index in [2.05, 4.69) is 61.9 Å². The molecular weight excluding hydrogens is 334 g/mol. The maximum absolute atomic E-state index is 4.48. The first kappa shape index (κ1) is 14.0. The van der Waals surface area contributed by atoms with Crippen molar-refractivity contribution in [3.8, 4) is 0 Å². The maximum atomic E-state index is 4.48. The molecule has 0 saturated carbocycles. The van der Waals surface area contributed by atoms with Crippen molar-refractivity contribution in [2.75, 3.05) is 31.1 Å². The summed E-state index contributed by atoms with van der Waals surface area (Å²) in [7, 11) is 0. The maximum Gasteiger partial charge on any atom is 0.128 e. The second-order valence-electron chi connectivity index (χ2n) is 5.11. The van der Waals surface area contributed by atoms with Crippen molar-refractivity contribution >= 4 is 33.1 Å². The monoisotopic (exact) mass is 351 g/mol. The van der Waals surface area contributed by atoms with Crippen molar-refractivity contribution in [3.63, 3.8) is 0 Å². The molecule has 3 heterocycles. The van der Waals surface area contributed by atoms with E-state index in [9.17, 15) is 0 Å². The van der Waals surface area contributed by atoms with Crippen molar-refractivity contribution in [2.45, 2.75) is 13.5 Å². The van der Waals surface area contributed by atoms with Gasteiger partial charge in [0.25, 0.3) is 0 Å². The molecular formula is C15H18BrN3S. The van der Waals surface area contributed by atoms with Gasteiger partial charge in [-0.05, 0) is 47.1 Å². The first-order valence-electron chi connectivity index (χ1n) is 6.85. The number of rotatable bonds is 3. The van der Waals surface area contributed by atoms with Crippen LogP contribution >= 0.6 is 27.3 Å². The highest BCUT2D eigenvalue weighted by Gasteiger charge is 2.18. The molecule has 3 nitrogen and oxygen atoms in total. The number of aromatic nitrogens is 1. The normalized spacial score (nSPS) is 16.6. The number of thiophene rings is 1. The first-order valence-corrected chi connectivity index (χ1v) is 8.46. The molecule has 2 aromatic rings. The van der Waals surface area contributed by atoms with E-state index in [0.717, 1.165) is 43.0 Å². The van der Waals surface area contributed by atoms with Gasteiger partial charge in [0.15, 0.2) is 0 Å². The predicted molar refractivity (Wildman–Crippen MR) is 88.5 cm³/mol. The third kappa shape index (κ3) is 3.40. The Labute approximate surface area is 132 Å². The Balaban J connectivity index is 1.55. The number of hydrogen-bond donors (Lipinski definition) is 0. The molecule has 0 spiro atoms. The summed E-state index contributed by atoms with van der Waals surface area (Å²) in [6.07, 6.45) is 1.87. The summed E-state index contributed by atoms with van der Waals surface area (Å²) < 4.78 is 1.04. The van der Waals surface area contributed by atoms with Crippen LogP contribution in [-0.4, -0.2) is 36.1 Å². The lowest BCUT2D eigenvalue weighted by Crippen LogP contribution is -2.46. The van der Waals surface area contributed by atoms with Crippen molar-refractivity contribution in [2.24, 2.45) is 0 Å². The van der Waals surface area contributed by atoms with Crippen LogP contribution in [0.5, 0.6) is 0 Å². The van der Waals surface area contributed by atoms with E-state index in [4.69, 9.17) is 0 Å². The van der Waals surface area contributed by atoms with Crippen LogP contribution in [0, 0.1) is 6.92 Å².